The lowest BCUT2D eigenvalue weighted by Gasteiger charge is -2.31. The third kappa shape index (κ3) is 3.80. The minimum Gasteiger partial charge on any atom is -0.369 e. The largest absolute Gasteiger partial charge is 0.369 e. The molecule has 1 saturated heterocycles. The number of piperidine rings is 1. The van der Waals surface area contributed by atoms with Crippen molar-refractivity contribution in [3.63, 3.8) is 0 Å². The van der Waals surface area contributed by atoms with E-state index in [1.165, 1.54) is 0 Å². The van der Waals surface area contributed by atoms with Crippen LogP contribution in [-0.4, -0.2) is 55.1 Å². The SMILES string of the molecule is Cc1n[nH]c(C)c1S(=O)(=O)NC1CCN(CC(N)=O)CC1. The van der Waals surface area contributed by atoms with Gasteiger partial charge in [-0.25, -0.2) is 13.1 Å². The number of carbonyl (C=O) groups is 1. The molecular formula is C12H21N5O3S. The van der Waals surface area contributed by atoms with Gasteiger partial charge in [0, 0.05) is 19.1 Å². The van der Waals surface area contributed by atoms with Crippen molar-refractivity contribution in [3.05, 3.63) is 11.4 Å². The summed E-state index contributed by atoms with van der Waals surface area (Å²) in [6, 6.07) is -0.132. The maximum absolute atomic E-state index is 12.4. The van der Waals surface area contributed by atoms with Gasteiger partial charge in [-0.05, 0) is 26.7 Å². The Morgan fingerprint density at radius 2 is 2.05 bits per heavy atom. The number of carbonyl (C=O) groups excluding carboxylic acids is 1. The monoisotopic (exact) mass is 315 g/mol. The first-order chi connectivity index (χ1) is 9.79. The molecule has 1 aliphatic rings. The zero-order valence-corrected chi connectivity index (χ0v) is 13.0. The molecule has 21 heavy (non-hydrogen) atoms. The van der Waals surface area contributed by atoms with Gasteiger partial charge in [0.15, 0.2) is 0 Å². The average Bonchev–Trinajstić information content (AvgIpc) is 2.71. The Balaban J connectivity index is 1.99. The molecule has 0 aromatic carbocycles. The summed E-state index contributed by atoms with van der Waals surface area (Å²) in [7, 11) is -3.57. The van der Waals surface area contributed by atoms with Crippen LogP contribution in [0.5, 0.6) is 0 Å². The van der Waals surface area contributed by atoms with Crippen LogP contribution in [0.25, 0.3) is 0 Å². The van der Waals surface area contributed by atoms with E-state index in [1.807, 2.05) is 4.90 Å². The van der Waals surface area contributed by atoms with Gasteiger partial charge >= 0.3 is 0 Å². The number of rotatable bonds is 5. The van der Waals surface area contributed by atoms with E-state index in [0.717, 1.165) is 0 Å². The Morgan fingerprint density at radius 1 is 1.43 bits per heavy atom. The molecule has 1 fully saturated rings. The number of aromatic nitrogens is 2. The molecular weight excluding hydrogens is 294 g/mol. The number of nitrogens with zero attached hydrogens (tertiary/aromatic N) is 2. The topological polar surface area (TPSA) is 121 Å². The normalized spacial score (nSPS) is 18.0. The maximum Gasteiger partial charge on any atom is 0.244 e. The second kappa shape index (κ2) is 6.12. The number of hydrogen-bond donors (Lipinski definition) is 3. The molecule has 9 heteroatoms. The number of sulfonamides is 1. The van der Waals surface area contributed by atoms with Crippen LogP contribution in [0.1, 0.15) is 24.2 Å². The average molecular weight is 315 g/mol. The third-order valence-corrected chi connectivity index (χ3v) is 5.40. The van der Waals surface area contributed by atoms with Crippen molar-refractivity contribution < 1.29 is 13.2 Å². The molecule has 0 unspecified atom stereocenters. The molecule has 0 saturated carbocycles. The highest BCUT2D eigenvalue weighted by molar-refractivity contribution is 7.89. The van der Waals surface area contributed by atoms with Crippen LogP contribution < -0.4 is 10.5 Å². The van der Waals surface area contributed by atoms with E-state index in [2.05, 4.69) is 14.9 Å². The van der Waals surface area contributed by atoms with Crippen LogP contribution in [0.2, 0.25) is 0 Å². The van der Waals surface area contributed by atoms with E-state index in [0.29, 0.717) is 37.3 Å². The number of nitrogens with one attached hydrogen (secondary N) is 2. The van der Waals surface area contributed by atoms with Crippen LogP contribution in [0, 0.1) is 13.8 Å². The first-order valence-corrected chi connectivity index (χ1v) is 8.32. The lowest BCUT2D eigenvalue weighted by Crippen LogP contribution is -2.46. The number of H-pyrrole nitrogens is 1. The number of nitrogens with two attached hydrogens (primary N) is 1. The molecule has 1 aliphatic heterocycles. The molecule has 118 valence electrons. The molecule has 0 bridgehead atoms. The van der Waals surface area contributed by atoms with E-state index >= 15 is 0 Å². The molecule has 0 spiro atoms. The molecule has 1 amide bonds. The summed E-state index contributed by atoms with van der Waals surface area (Å²) in [6.07, 6.45) is 1.31. The molecule has 0 aliphatic carbocycles. The van der Waals surface area contributed by atoms with E-state index in [-0.39, 0.29) is 23.4 Å². The van der Waals surface area contributed by atoms with Gasteiger partial charge in [0.2, 0.25) is 15.9 Å². The number of amides is 1. The number of likely N-dealkylation sites (tertiary alicyclic amines) is 1. The van der Waals surface area contributed by atoms with Gasteiger partial charge in [0.05, 0.1) is 17.9 Å². The van der Waals surface area contributed by atoms with Crippen molar-refractivity contribution in [2.45, 2.75) is 37.6 Å². The van der Waals surface area contributed by atoms with Crippen LogP contribution in [0.4, 0.5) is 0 Å². The second-order valence-electron chi connectivity index (χ2n) is 5.40. The standard InChI is InChI=1S/C12H21N5O3S/c1-8-12(9(2)15-14-8)21(19,20)16-10-3-5-17(6-4-10)7-11(13)18/h10,16H,3-7H2,1-2H3,(H2,13,18)(H,14,15). The summed E-state index contributed by atoms with van der Waals surface area (Å²) in [5.74, 6) is -0.362. The predicted molar refractivity (Wildman–Crippen MR) is 77.0 cm³/mol. The van der Waals surface area contributed by atoms with Crippen molar-refractivity contribution in [1.29, 1.82) is 0 Å². The van der Waals surface area contributed by atoms with Crippen molar-refractivity contribution in [1.82, 2.24) is 19.8 Å². The predicted octanol–water partition coefficient (Wildman–Crippen LogP) is -0.745. The first kappa shape index (κ1) is 15.9. The van der Waals surface area contributed by atoms with Gasteiger partial charge in [-0.15, -0.1) is 0 Å². The Labute approximate surface area is 124 Å². The fourth-order valence-electron chi connectivity index (χ4n) is 2.64. The molecule has 0 atom stereocenters. The number of hydrogen-bond acceptors (Lipinski definition) is 5. The van der Waals surface area contributed by atoms with Gasteiger partial charge < -0.3 is 5.73 Å². The minimum absolute atomic E-state index is 0.132. The van der Waals surface area contributed by atoms with Crippen LogP contribution in [0.3, 0.4) is 0 Å². The number of aryl methyl sites for hydroxylation is 2. The molecule has 2 heterocycles. The Hall–Kier alpha value is -1.45. The zero-order chi connectivity index (χ0) is 15.6. The van der Waals surface area contributed by atoms with Gasteiger partial charge in [-0.2, -0.15) is 5.10 Å². The van der Waals surface area contributed by atoms with E-state index in [4.69, 9.17) is 5.73 Å². The van der Waals surface area contributed by atoms with E-state index < -0.39 is 10.0 Å². The Kier molecular flexibility index (Phi) is 4.64. The molecule has 1 aromatic heterocycles. The number of primary amides is 1. The van der Waals surface area contributed by atoms with E-state index in [1.54, 1.807) is 13.8 Å². The zero-order valence-electron chi connectivity index (χ0n) is 12.2. The summed E-state index contributed by atoms with van der Waals surface area (Å²) >= 11 is 0. The summed E-state index contributed by atoms with van der Waals surface area (Å²) in [4.78, 5) is 13.0. The van der Waals surface area contributed by atoms with Gasteiger partial charge in [-0.3, -0.25) is 14.8 Å². The molecule has 8 nitrogen and oxygen atoms in total. The lowest BCUT2D eigenvalue weighted by molar-refractivity contribution is -0.119. The number of aromatic amines is 1. The molecule has 0 radical (unpaired) electrons. The first-order valence-electron chi connectivity index (χ1n) is 6.84. The fourth-order valence-corrected chi connectivity index (χ4v) is 4.32. The van der Waals surface area contributed by atoms with E-state index in [9.17, 15) is 13.2 Å². The quantitative estimate of drug-likeness (QED) is 0.660. The molecule has 1 aromatic rings. The molecule has 2 rings (SSSR count). The highest BCUT2D eigenvalue weighted by Crippen LogP contribution is 2.19. The van der Waals surface area contributed by atoms with Crippen LogP contribution >= 0.6 is 0 Å². The van der Waals surface area contributed by atoms with Gasteiger partial charge in [-0.1, -0.05) is 0 Å². The van der Waals surface area contributed by atoms with Gasteiger partial charge in [0.1, 0.15) is 4.90 Å². The van der Waals surface area contributed by atoms with Gasteiger partial charge in [0.25, 0.3) is 0 Å². The second-order valence-corrected chi connectivity index (χ2v) is 7.05. The summed E-state index contributed by atoms with van der Waals surface area (Å²) in [5.41, 5.74) is 6.15. The van der Waals surface area contributed by atoms with Crippen molar-refractivity contribution in [3.8, 4) is 0 Å². The van der Waals surface area contributed by atoms with Crippen molar-refractivity contribution >= 4 is 15.9 Å². The smallest absolute Gasteiger partial charge is 0.244 e. The lowest BCUT2D eigenvalue weighted by atomic mass is 10.1. The molecule has 4 N–H and O–H groups in total. The highest BCUT2D eigenvalue weighted by atomic mass is 32.2. The Morgan fingerprint density at radius 3 is 2.52 bits per heavy atom. The summed E-state index contributed by atoms with van der Waals surface area (Å²) < 4.78 is 27.5. The minimum atomic E-state index is -3.57. The van der Waals surface area contributed by atoms with Crippen LogP contribution in [0.15, 0.2) is 4.90 Å². The summed E-state index contributed by atoms with van der Waals surface area (Å²) in [6.45, 7) is 4.87. The van der Waals surface area contributed by atoms with Crippen molar-refractivity contribution in [2.75, 3.05) is 19.6 Å². The fraction of sp³-hybridized carbons (Fsp3) is 0.667. The highest BCUT2D eigenvalue weighted by Gasteiger charge is 2.28. The van der Waals surface area contributed by atoms with Crippen LogP contribution in [-0.2, 0) is 14.8 Å². The summed E-state index contributed by atoms with van der Waals surface area (Å²) in [5, 5.41) is 6.60. The Bertz CT molecular complexity index is 597. The third-order valence-electron chi connectivity index (χ3n) is 3.62. The van der Waals surface area contributed by atoms with Crippen molar-refractivity contribution in [2.24, 2.45) is 5.73 Å². The maximum atomic E-state index is 12.4.